The number of aromatic nitrogens is 4. The van der Waals surface area contributed by atoms with Crippen LogP contribution in [-0.4, -0.2) is 51.2 Å². The van der Waals surface area contributed by atoms with Crippen LogP contribution >= 0.6 is 0 Å². The third-order valence-electron chi connectivity index (χ3n) is 4.63. The van der Waals surface area contributed by atoms with Gasteiger partial charge in [-0.25, -0.2) is 9.97 Å². The monoisotopic (exact) mass is 368 g/mol. The molecular weight excluding hydrogens is 344 g/mol. The van der Waals surface area contributed by atoms with E-state index in [1.807, 2.05) is 13.0 Å². The highest BCUT2D eigenvalue weighted by atomic mass is 16.4. The van der Waals surface area contributed by atoms with Crippen molar-refractivity contribution < 1.29 is 8.83 Å². The molecule has 0 atom stereocenters. The van der Waals surface area contributed by atoms with Gasteiger partial charge in [-0.1, -0.05) is 13.8 Å². The van der Waals surface area contributed by atoms with Crippen molar-refractivity contribution >= 4 is 5.82 Å². The standard InChI is InChI=1S/C19H24N6O2/c1-13(2)18-20-14(3)11-16(21-18)25-8-6-24(7-9-25)12-17-22-23-19(27-17)15-5-4-10-26-15/h4-5,10-11,13H,6-9,12H2,1-3H3. The zero-order valence-electron chi connectivity index (χ0n) is 15.9. The molecule has 8 nitrogen and oxygen atoms in total. The van der Waals surface area contributed by atoms with Crippen molar-refractivity contribution in [1.29, 1.82) is 0 Å². The summed E-state index contributed by atoms with van der Waals surface area (Å²) in [7, 11) is 0. The fourth-order valence-corrected chi connectivity index (χ4v) is 3.14. The molecule has 4 heterocycles. The summed E-state index contributed by atoms with van der Waals surface area (Å²) in [5, 5.41) is 8.19. The summed E-state index contributed by atoms with van der Waals surface area (Å²) in [6.07, 6.45) is 1.60. The highest BCUT2D eigenvalue weighted by Gasteiger charge is 2.21. The first-order chi connectivity index (χ1) is 13.1. The van der Waals surface area contributed by atoms with Crippen LogP contribution < -0.4 is 4.90 Å². The van der Waals surface area contributed by atoms with Gasteiger partial charge in [0.25, 0.3) is 5.89 Å². The molecule has 0 unspecified atom stereocenters. The van der Waals surface area contributed by atoms with Crippen molar-refractivity contribution in [2.75, 3.05) is 31.1 Å². The quantitative estimate of drug-likeness (QED) is 0.680. The Labute approximate surface area is 158 Å². The maximum atomic E-state index is 5.71. The largest absolute Gasteiger partial charge is 0.459 e. The molecule has 3 aromatic heterocycles. The minimum absolute atomic E-state index is 0.325. The smallest absolute Gasteiger partial charge is 0.283 e. The normalized spacial score (nSPS) is 15.6. The molecule has 0 spiro atoms. The van der Waals surface area contributed by atoms with Gasteiger partial charge < -0.3 is 13.7 Å². The van der Waals surface area contributed by atoms with Gasteiger partial charge in [0.2, 0.25) is 5.89 Å². The number of furan rings is 1. The zero-order valence-corrected chi connectivity index (χ0v) is 15.9. The lowest BCUT2D eigenvalue weighted by molar-refractivity contribution is 0.226. The zero-order chi connectivity index (χ0) is 18.8. The maximum absolute atomic E-state index is 5.71. The van der Waals surface area contributed by atoms with Crippen LogP contribution in [0.25, 0.3) is 11.7 Å². The summed E-state index contributed by atoms with van der Waals surface area (Å²) in [6, 6.07) is 5.68. The molecule has 0 bridgehead atoms. The number of rotatable bonds is 5. The molecule has 0 radical (unpaired) electrons. The van der Waals surface area contributed by atoms with Crippen LogP contribution in [0.5, 0.6) is 0 Å². The van der Waals surface area contributed by atoms with Gasteiger partial charge in [-0.15, -0.1) is 10.2 Å². The van der Waals surface area contributed by atoms with Crippen molar-refractivity contribution in [3.63, 3.8) is 0 Å². The highest BCUT2D eigenvalue weighted by Crippen LogP contribution is 2.21. The van der Waals surface area contributed by atoms with Crippen molar-refractivity contribution in [3.8, 4) is 11.7 Å². The molecule has 1 aliphatic heterocycles. The lowest BCUT2D eigenvalue weighted by atomic mass is 10.2. The Bertz CT molecular complexity index is 882. The fraction of sp³-hybridized carbons (Fsp3) is 0.474. The summed E-state index contributed by atoms with van der Waals surface area (Å²) in [4.78, 5) is 13.9. The number of piperazine rings is 1. The van der Waals surface area contributed by atoms with Crippen LogP contribution in [-0.2, 0) is 6.54 Å². The fourth-order valence-electron chi connectivity index (χ4n) is 3.14. The Morgan fingerprint density at radius 3 is 2.63 bits per heavy atom. The Kier molecular flexibility index (Phi) is 4.89. The molecule has 1 fully saturated rings. The van der Waals surface area contributed by atoms with Crippen molar-refractivity contribution in [2.45, 2.75) is 33.2 Å². The number of aryl methyl sites for hydroxylation is 1. The van der Waals surface area contributed by atoms with E-state index in [9.17, 15) is 0 Å². The second kappa shape index (κ2) is 7.48. The first-order valence-corrected chi connectivity index (χ1v) is 9.27. The summed E-state index contributed by atoms with van der Waals surface area (Å²) in [5.74, 6) is 3.87. The Hall–Kier alpha value is -2.74. The van der Waals surface area contributed by atoms with Crippen LogP contribution in [0.15, 0.2) is 33.3 Å². The van der Waals surface area contributed by atoms with Gasteiger partial charge in [0, 0.05) is 43.9 Å². The van der Waals surface area contributed by atoms with Gasteiger partial charge in [0.05, 0.1) is 12.8 Å². The molecule has 1 aliphatic rings. The molecule has 3 aromatic rings. The molecule has 0 aromatic carbocycles. The molecule has 0 aliphatic carbocycles. The average molecular weight is 368 g/mol. The third-order valence-corrected chi connectivity index (χ3v) is 4.63. The van der Waals surface area contributed by atoms with E-state index in [2.05, 4.69) is 44.9 Å². The van der Waals surface area contributed by atoms with E-state index >= 15 is 0 Å². The number of anilines is 1. The van der Waals surface area contributed by atoms with Gasteiger partial charge in [0.1, 0.15) is 11.6 Å². The lowest BCUT2D eigenvalue weighted by Crippen LogP contribution is -2.46. The lowest BCUT2D eigenvalue weighted by Gasteiger charge is -2.35. The minimum atomic E-state index is 0.325. The van der Waals surface area contributed by atoms with Crippen LogP contribution in [0.1, 0.15) is 37.2 Å². The highest BCUT2D eigenvalue weighted by molar-refractivity contribution is 5.42. The van der Waals surface area contributed by atoms with Gasteiger partial charge in [0.15, 0.2) is 5.76 Å². The molecule has 0 amide bonds. The topological polar surface area (TPSA) is 84.3 Å². The summed E-state index contributed by atoms with van der Waals surface area (Å²) >= 11 is 0. The van der Waals surface area contributed by atoms with Crippen LogP contribution in [0, 0.1) is 6.92 Å². The molecule has 27 heavy (non-hydrogen) atoms. The number of nitrogens with zero attached hydrogens (tertiary/aromatic N) is 6. The first-order valence-electron chi connectivity index (χ1n) is 9.27. The van der Waals surface area contributed by atoms with E-state index in [1.165, 1.54) is 0 Å². The van der Waals surface area contributed by atoms with E-state index < -0.39 is 0 Å². The van der Waals surface area contributed by atoms with Gasteiger partial charge in [-0.3, -0.25) is 4.90 Å². The molecule has 142 valence electrons. The van der Waals surface area contributed by atoms with Crippen molar-refractivity contribution in [1.82, 2.24) is 25.1 Å². The molecule has 0 N–H and O–H groups in total. The average Bonchev–Trinajstić information content (AvgIpc) is 3.33. The second-order valence-electron chi connectivity index (χ2n) is 7.12. The summed E-state index contributed by atoms with van der Waals surface area (Å²) in [5.41, 5.74) is 1.02. The van der Waals surface area contributed by atoms with E-state index in [1.54, 1.807) is 12.3 Å². The minimum Gasteiger partial charge on any atom is -0.459 e. The second-order valence-corrected chi connectivity index (χ2v) is 7.12. The maximum Gasteiger partial charge on any atom is 0.283 e. The van der Waals surface area contributed by atoms with E-state index in [0.717, 1.165) is 43.5 Å². The molecule has 0 saturated carbocycles. The van der Waals surface area contributed by atoms with Crippen molar-refractivity contribution in [2.24, 2.45) is 0 Å². The van der Waals surface area contributed by atoms with Gasteiger partial charge in [-0.2, -0.15) is 0 Å². The number of hydrogen-bond donors (Lipinski definition) is 0. The molecule has 8 heteroatoms. The summed E-state index contributed by atoms with van der Waals surface area (Å²) < 4.78 is 11.0. The number of hydrogen-bond acceptors (Lipinski definition) is 8. The van der Waals surface area contributed by atoms with Crippen LogP contribution in [0.2, 0.25) is 0 Å². The Morgan fingerprint density at radius 2 is 1.93 bits per heavy atom. The SMILES string of the molecule is Cc1cc(N2CCN(Cc3nnc(-c4ccco4)o3)CC2)nc(C(C)C)n1. The first kappa shape index (κ1) is 17.7. The van der Waals surface area contributed by atoms with E-state index in [4.69, 9.17) is 13.8 Å². The Morgan fingerprint density at radius 1 is 1.11 bits per heavy atom. The van der Waals surface area contributed by atoms with Crippen LogP contribution in [0.3, 0.4) is 0 Å². The molecule has 1 saturated heterocycles. The van der Waals surface area contributed by atoms with Gasteiger partial charge in [-0.05, 0) is 19.1 Å². The predicted molar refractivity (Wildman–Crippen MR) is 100 cm³/mol. The molecular formula is C19H24N6O2. The predicted octanol–water partition coefficient (Wildman–Crippen LogP) is 2.87. The summed E-state index contributed by atoms with van der Waals surface area (Å²) in [6.45, 7) is 10.6. The Balaban J connectivity index is 1.37. The third kappa shape index (κ3) is 4.00. The van der Waals surface area contributed by atoms with Gasteiger partial charge >= 0.3 is 0 Å². The van der Waals surface area contributed by atoms with E-state index in [-0.39, 0.29) is 0 Å². The van der Waals surface area contributed by atoms with Crippen LogP contribution in [0.4, 0.5) is 5.82 Å². The molecule has 4 rings (SSSR count). The van der Waals surface area contributed by atoms with E-state index in [0.29, 0.717) is 30.0 Å². The van der Waals surface area contributed by atoms with Crippen molar-refractivity contribution in [3.05, 3.63) is 41.9 Å².